The third kappa shape index (κ3) is 3.82. The number of nitrogens with zero attached hydrogens (tertiary/aromatic N) is 1. The molecule has 1 N–H and O–H groups in total. The molecule has 1 aliphatic heterocycles. The Morgan fingerprint density at radius 1 is 1.09 bits per heavy atom. The molecule has 120 valence electrons. The van der Waals surface area contributed by atoms with E-state index in [0.29, 0.717) is 0 Å². The van der Waals surface area contributed by atoms with E-state index < -0.39 is 0 Å². The van der Waals surface area contributed by atoms with E-state index in [-0.39, 0.29) is 12.1 Å². The van der Waals surface area contributed by atoms with Crippen LogP contribution in [0, 0.1) is 5.92 Å². The minimum Gasteiger partial charge on any atom is -0.338 e. The van der Waals surface area contributed by atoms with E-state index in [4.69, 9.17) is 0 Å². The summed E-state index contributed by atoms with van der Waals surface area (Å²) in [4.78, 5) is 14.5. The summed E-state index contributed by atoms with van der Waals surface area (Å²) in [5, 5.41) is 3.14. The zero-order valence-electron chi connectivity index (χ0n) is 13.5. The van der Waals surface area contributed by atoms with Gasteiger partial charge >= 0.3 is 6.03 Å². The summed E-state index contributed by atoms with van der Waals surface area (Å²) in [6.07, 6.45) is 10.2. The number of carbonyl (C=O) groups excluding carboxylic acids is 1. The first-order valence-corrected chi connectivity index (χ1v) is 8.94. The van der Waals surface area contributed by atoms with Crippen molar-refractivity contribution in [3.63, 3.8) is 0 Å². The molecule has 1 saturated carbocycles. The van der Waals surface area contributed by atoms with Crippen LogP contribution in [-0.2, 0) is 0 Å². The van der Waals surface area contributed by atoms with Crippen LogP contribution >= 0.6 is 0 Å². The molecule has 2 aliphatic rings. The van der Waals surface area contributed by atoms with Crippen LogP contribution in [0.15, 0.2) is 30.3 Å². The molecule has 1 atom stereocenters. The Balaban J connectivity index is 1.44. The van der Waals surface area contributed by atoms with E-state index in [2.05, 4.69) is 29.6 Å². The summed E-state index contributed by atoms with van der Waals surface area (Å²) in [7, 11) is 0. The Labute approximate surface area is 134 Å². The molecule has 1 aliphatic carbocycles. The van der Waals surface area contributed by atoms with E-state index in [0.717, 1.165) is 38.3 Å². The second-order valence-corrected chi connectivity index (χ2v) is 6.79. The van der Waals surface area contributed by atoms with Gasteiger partial charge in [-0.2, -0.15) is 0 Å². The zero-order valence-corrected chi connectivity index (χ0v) is 13.5. The maximum absolute atomic E-state index is 12.4. The van der Waals surface area contributed by atoms with Crippen LogP contribution in [0.1, 0.15) is 63.0 Å². The van der Waals surface area contributed by atoms with Crippen molar-refractivity contribution in [2.45, 2.75) is 57.4 Å². The number of likely N-dealkylation sites (tertiary alicyclic amines) is 1. The van der Waals surface area contributed by atoms with Gasteiger partial charge in [0.2, 0.25) is 0 Å². The number of benzene rings is 1. The fourth-order valence-corrected chi connectivity index (χ4v) is 4.02. The lowest BCUT2D eigenvalue weighted by Crippen LogP contribution is -2.39. The molecule has 3 nitrogen and oxygen atoms in total. The summed E-state index contributed by atoms with van der Waals surface area (Å²) in [6, 6.07) is 10.8. The van der Waals surface area contributed by atoms with Gasteiger partial charge in [-0.25, -0.2) is 4.79 Å². The SMILES string of the molecule is O=C(NCCCC1CCCC1)N1CCCC1c1ccccc1. The van der Waals surface area contributed by atoms with Crippen molar-refractivity contribution in [1.29, 1.82) is 0 Å². The van der Waals surface area contributed by atoms with Gasteiger partial charge in [-0.05, 0) is 37.2 Å². The van der Waals surface area contributed by atoms with E-state index in [9.17, 15) is 4.79 Å². The third-order valence-corrected chi connectivity index (χ3v) is 5.24. The lowest BCUT2D eigenvalue weighted by Gasteiger charge is -2.25. The normalized spacial score (nSPS) is 22.2. The van der Waals surface area contributed by atoms with Gasteiger partial charge in [0.1, 0.15) is 0 Å². The van der Waals surface area contributed by atoms with Gasteiger partial charge in [0.25, 0.3) is 0 Å². The van der Waals surface area contributed by atoms with Crippen molar-refractivity contribution in [2.24, 2.45) is 5.92 Å². The highest BCUT2D eigenvalue weighted by atomic mass is 16.2. The quantitative estimate of drug-likeness (QED) is 0.798. The second-order valence-electron chi connectivity index (χ2n) is 6.79. The fraction of sp³-hybridized carbons (Fsp3) is 0.632. The number of hydrogen-bond donors (Lipinski definition) is 1. The van der Waals surface area contributed by atoms with Crippen molar-refractivity contribution in [3.8, 4) is 0 Å². The molecule has 3 heteroatoms. The lowest BCUT2D eigenvalue weighted by molar-refractivity contribution is 0.192. The largest absolute Gasteiger partial charge is 0.338 e. The third-order valence-electron chi connectivity index (χ3n) is 5.24. The molecule has 22 heavy (non-hydrogen) atoms. The minimum atomic E-state index is 0.123. The van der Waals surface area contributed by atoms with Crippen LogP contribution in [0.25, 0.3) is 0 Å². The summed E-state index contributed by atoms with van der Waals surface area (Å²) < 4.78 is 0. The van der Waals surface area contributed by atoms with Crippen LogP contribution < -0.4 is 5.32 Å². The highest BCUT2D eigenvalue weighted by molar-refractivity contribution is 5.75. The summed E-state index contributed by atoms with van der Waals surface area (Å²) in [6.45, 7) is 1.71. The highest BCUT2D eigenvalue weighted by Crippen LogP contribution is 2.31. The summed E-state index contributed by atoms with van der Waals surface area (Å²) >= 11 is 0. The Hall–Kier alpha value is -1.51. The van der Waals surface area contributed by atoms with E-state index in [1.807, 2.05) is 11.0 Å². The molecule has 3 rings (SSSR count). The second kappa shape index (κ2) is 7.66. The molecular weight excluding hydrogens is 272 g/mol. The highest BCUT2D eigenvalue weighted by Gasteiger charge is 2.29. The molecule has 1 saturated heterocycles. The number of urea groups is 1. The molecule has 1 heterocycles. The first-order chi connectivity index (χ1) is 10.8. The van der Waals surface area contributed by atoms with Crippen LogP contribution in [-0.4, -0.2) is 24.0 Å². The van der Waals surface area contributed by atoms with Crippen molar-refractivity contribution < 1.29 is 4.79 Å². The Morgan fingerprint density at radius 2 is 1.86 bits per heavy atom. The monoisotopic (exact) mass is 300 g/mol. The number of carbonyl (C=O) groups is 1. The van der Waals surface area contributed by atoms with E-state index in [1.54, 1.807) is 0 Å². The molecule has 1 aromatic carbocycles. The van der Waals surface area contributed by atoms with Crippen molar-refractivity contribution in [1.82, 2.24) is 10.2 Å². The number of hydrogen-bond acceptors (Lipinski definition) is 1. The fourth-order valence-electron chi connectivity index (χ4n) is 4.02. The lowest BCUT2D eigenvalue weighted by atomic mass is 10.0. The molecule has 0 spiro atoms. The van der Waals surface area contributed by atoms with Gasteiger partial charge in [-0.1, -0.05) is 56.0 Å². The van der Waals surface area contributed by atoms with Crippen molar-refractivity contribution in [3.05, 3.63) is 35.9 Å². The Bertz CT molecular complexity index is 468. The smallest absolute Gasteiger partial charge is 0.317 e. The van der Waals surface area contributed by atoms with Gasteiger partial charge in [0, 0.05) is 13.1 Å². The Kier molecular flexibility index (Phi) is 5.36. The molecule has 0 radical (unpaired) electrons. The molecule has 1 unspecified atom stereocenters. The predicted molar refractivity (Wildman–Crippen MR) is 89.7 cm³/mol. The molecule has 0 bridgehead atoms. The van der Waals surface area contributed by atoms with Gasteiger partial charge in [-0.15, -0.1) is 0 Å². The molecule has 2 fully saturated rings. The number of rotatable bonds is 5. The maximum Gasteiger partial charge on any atom is 0.317 e. The maximum atomic E-state index is 12.4. The summed E-state index contributed by atoms with van der Waals surface area (Å²) in [5.74, 6) is 0.917. The molecule has 1 aromatic rings. The van der Waals surface area contributed by atoms with E-state index >= 15 is 0 Å². The van der Waals surface area contributed by atoms with Crippen LogP contribution in [0.5, 0.6) is 0 Å². The van der Waals surface area contributed by atoms with Crippen LogP contribution in [0.2, 0.25) is 0 Å². The predicted octanol–water partition coefficient (Wildman–Crippen LogP) is 4.50. The van der Waals surface area contributed by atoms with Gasteiger partial charge in [-0.3, -0.25) is 0 Å². The van der Waals surface area contributed by atoms with Crippen LogP contribution in [0.4, 0.5) is 4.79 Å². The van der Waals surface area contributed by atoms with Gasteiger partial charge < -0.3 is 10.2 Å². The average Bonchev–Trinajstić information content (AvgIpc) is 3.23. The van der Waals surface area contributed by atoms with Crippen LogP contribution in [0.3, 0.4) is 0 Å². The van der Waals surface area contributed by atoms with Crippen molar-refractivity contribution in [2.75, 3.05) is 13.1 Å². The average molecular weight is 300 g/mol. The number of amides is 2. The first-order valence-electron chi connectivity index (χ1n) is 8.94. The molecule has 2 amide bonds. The van der Waals surface area contributed by atoms with E-state index in [1.165, 1.54) is 37.7 Å². The molecular formula is C19H28N2O. The van der Waals surface area contributed by atoms with Gasteiger partial charge in [0.05, 0.1) is 6.04 Å². The topological polar surface area (TPSA) is 32.3 Å². The standard InChI is InChI=1S/C19H28N2O/c22-19(20-14-6-10-16-8-4-5-9-16)21-15-7-13-18(21)17-11-2-1-3-12-17/h1-3,11-12,16,18H,4-10,13-15H2,(H,20,22). The Morgan fingerprint density at radius 3 is 2.64 bits per heavy atom. The molecule has 0 aromatic heterocycles. The van der Waals surface area contributed by atoms with Crippen molar-refractivity contribution >= 4 is 6.03 Å². The minimum absolute atomic E-state index is 0.123. The number of nitrogens with one attached hydrogen (secondary N) is 1. The zero-order chi connectivity index (χ0) is 15.2. The van der Waals surface area contributed by atoms with Gasteiger partial charge in [0.15, 0.2) is 0 Å². The summed E-state index contributed by atoms with van der Waals surface area (Å²) in [5.41, 5.74) is 1.26. The first kappa shape index (κ1) is 15.4.